The third-order valence-electron chi connectivity index (χ3n) is 2.38. The first-order valence-electron chi connectivity index (χ1n) is 5.10. The van der Waals surface area contributed by atoms with Crippen LogP contribution in [0.15, 0.2) is 18.2 Å². The van der Waals surface area contributed by atoms with Gasteiger partial charge in [-0.25, -0.2) is 4.79 Å². The second-order valence-corrected chi connectivity index (χ2v) is 4.35. The van der Waals surface area contributed by atoms with Crippen molar-refractivity contribution in [1.29, 1.82) is 5.26 Å². The number of nitriles is 1. The molecular formula is C12H12BrNO3. The van der Waals surface area contributed by atoms with E-state index in [1.807, 2.05) is 6.07 Å². The van der Waals surface area contributed by atoms with Crippen LogP contribution in [-0.4, -0.2) is 21.5 Å². The molecule has 1 aromatic carbocycles. The van der Waals surface area contributed by atoms with E-state index in [1.54, 1.807) is 12.1 Å². The van der Waals surface area contributed by atoms with Gasteiger partial charge in [0.1, 0.15) is 0 Å². The van der Waals surface area contributed by atoms with E-state index in [-0.39, 0.29) is 5.56 Å². The van der Waals surface area contributed by atoms with Gasteiger partial charge in [0.15, 0.2) is 6.10 Å². The number of aliphatic hydroxyl groups excluding tert-OH is 1. The van der Waals surface area contributed by atoms with Gasteiger partial charge < -0.3 is 10.2 Å². The molecule has 4 nitrogen and oxygen atoms in total. The summed E-state index contributed by atoms with van der Waals surface area (Å²) in [5, 5.41) is 27.9. The lowest BCUT2D eigenvalue weighted by Gasteiger charge is -2.09. The molecule has 0 spiro atoms. The van der Waals surface area contributed by atoms with E-state index in [0.717, 1.165) is 23.7 Å². The fourth-order valence-corrected chi connectivity index (χ4v) is 1.77. The first-order valence-corrected chi connectivity index (χ1v) is 6.22. The highest BCUT2D eigenvalue weighted by Gasteiger charge is 2.17. The SMILES string of the molecule is N#Cc1cc(C(O)C(=O)O)ccc1CCCBr. The molecule has 0 bridgehead atoms. The number of carbonyl (C=O) groups is 1. The third kappa shape index (κ3) is 3.55. The van der Waals surface area contributed by atoms with E-state index >= 15 is 0 Å². The number of aryl methyl sites for hydroxylation is 1. The molecule has 0 saturated carbocycles. The number of aliphatic hydroxyl groups is 1. The van der Waals surface area contributed by atoms with Crippen LogP contribution in [0.1, 0.15) is 29.2 Å². The van der Waals surface area contributed by atoms with Gasteiger partial charge >= 0.3 is 5.97 Å². The van der Waals surface area contributed by atoms with Gasteiger partial charge in [-0.3, -0.25) is 0 Å². The van der Waals surface area contributed by atoms with E-state index < -0.39 is 12.1 Å². The van der Waals surface area contributed by atoms with E-state index in [1.165, 1.54) is 6.07 Å². The molecule has 0 radical (unpaired) electrons. The van der Waals surface area contributed by atoms with Crippen molar-refractivity contribution in [1.82, 2.24) is 0 Å². The molecule has 5 heteroatoms. The molecule has 1 rings (SSSR count). The summed E-state index contributed by atoms with van der Waals surface area (Å²) in [6.07, 6.45) is 0.0694. The maximum Gasteiger partial charge on any atom is 0.337 e. The van der Waals surface area contributed by atoms with E-state index in [9.17, 15) is 9.90 Å². The van der Waals surface area contributed by atoms with Crippen molar-refractivity contribution >= 4 is 21.9 Å². The summed E-state index contributed by atoms with van der Waals surface area (Å²) in [6, 6.07) is 6.69. The largest absolute Gasteiger partial charge is 0.479 e. The fourth-order valence-electron chi connectivity index (χ4n) is 1.49. The summed E-state index contributed by atoms with van der Waals surface area (Å²) in [6.45, 7) is 0. The van der Waals surface area contributed by atoms with Crippen molar-refractivity contribution in [2.45, 2.75) is 18.9 Å². The summed E-state index contributed by atoms with van der Waals surface area (Å²) in [5.74, 6) is -1.32. The van der Waals surface area contributed by atoms with Crippen molar-refractivity contribution < 1.29 is 15.0 Å². The Morgan fingerprint density at radius 3 is 2.76 bits per heavy atom. The fraction of sp³-hybridized carbons (Fsp3) is 0.333. The Morgan fingerprint density at radius 1 is 1.53 bits per heavy atom. The zero-order valence-electron chi connectivity index (χ0n) is 9.06. The topological polar surface area (TPSA) is 81.3 Å². The van der Waals surface area contributed by atoms with Gasteiger partial charge in [-0.1, -0.05) is 28.1 Å². The van der Waals surface area contributed by atoms with Crippen LogP contribution in [0.25, 0.3) is 0 Å². The lowest BCUT2D eigenvalue weighted by molar-refractivity contribution is -0.146. The van der Waals surface area contributed by atoms with Crippen molar-refractivity contribution in [2.75, 3.05) is 5.33 Å². The minimum Gasteiger partial charge on any atom is -0.479 e. The highest BCUT2D eigenvalue weighted by molar-refractivity contribution is 9.09. The lowest BCUT2D eigenvalue weighted by atomic mass is 9.99. The standard InChI is InChI=1S/C12H12BrNO3/c13-5-1-2-8-3-4-9(6-10(8)7-14)11(15)12(16)17/h3-4,6,11,15H,1-2,5H2,(H,16,17). The number of hydrogen-bond donors (Lipinski definition) is 2. The van der Waals surface area contributed by atoms with Gasteiger partial charge in [0.2, 0.25) is 0 Å². The number of carboxylic acids is 1. The molecule has 0 amide bonds. The number of rotatable bonds is 5. The van der Waals surface area contributed by atoms with Crippen molar-refractivity contribution in [2.24, 2.45) is 0 Å². The van der Waals surface area contributed by atoms with Crippen LogP contribution in [0.2, 0.25) is 0 Å². The van der Waals surface area contributed by atoms with Gasteiger partial charge in [0.05, 0.1) is 11.6 Å². The van der Waals surface area contributed by atoms with Gasteiger partial charge in [0.25, 0.3) is 0 Å². The molecule has 0 aliphatic heterocycles. The summed E-state index contributed by atoms with van der Waals surface area (Å²) in [4.78, 5) is 10.6. The minimum atomic E-state index is -1.58. The third-order valence-corrected chi connectivity index (χ3v) is 2.94. The zero-order chi connectivity index (χ0) is 12.8. The van der Waals surface area contributed by atoms with Crippen LogP contribution >= 0.6 is 15.9 Å². The van der Waals surface area contributed by atoms with Gasteiger partial charge in [-0.05, 0) is 30.0 Å². The maximum absolute atomic E-state index is 10.6. The Hall–Kier alpha value is -1.38. The van der Waals surface area contributed by atoms with Crippen LogP contribution < -0.4 is 0 Å². The smallest absolute Gasteiger partial charge is 0.337 e. The molecule has 0 aromatic heterocycles. The Bertz CT molecular complexity index is 454. The maximum atomic E-state index is 10.6. The van der Waals surface area contributed by atoms with Crippen LogP contribution in [0.4, 0.5) is 0 Å². The van der Waals surface area contributed by atoms with Crippen molar-refractivity contribution in [3.8, 4) is 6.07 Å². The predicted molar refractivity (Wildman–Crippen MR) is 65.9 cm³/mol. The number of carboxylic acid groups (broad SMARTS) is 1. The zero-order valence-corrected chi connectivity index (χ0v) is 10.6. The Morgan fingerprint density at radius 2 is 2.24 bits per heavy atom. The average Bonchev–Trinajstić information content (AvgIpc) is 2.35. The van der Waals surface area contributed by atoms with Crippen LogP contribution in [-0.2, 0) is 11.2 Å². The van der Waals surface area contributed by atoms with Gasteiger partial charge in [-0.2, -0.15) is 5.26 Å². The molecule has 1 unspecified atom stereocenters. The highest BCUT2D eigenvalue weighted by atomic mass is 79.9. The highest BCUT2D eigenvalue weighted by Crippen LogP contribution is 2.19. The summed E-state index contributed by atoms with van der Waals surface area (Å²) < 4.78 is 0. The first kappa shape index (κ1) is 13.7. The number of nitrogens with zero attached hydrogens (tertiary/aromatic N) is 1. The quantitative estimate of drug-likeness (QED) is 0.815. The molecule has 0 aliphatic carbocycles. The van der Waals surface area contributed by atoms with Crippen molar-refractivity contribution in [3.05, 3.63) is 34.9 Å². The molecule has 0 fully saturated rings. The van der Waals surface area contributed by atoms with Gasteiger partial charge in [-0.15, -0.1) is 0 Å². The number of benzene rings is 1. The molecular weight excluding hydrogens is 286 g/mol. The van der Waals surface area contributed by atoms with Crippen LogP contribution in [0.3, 0.4) is 0 Å². The van der Waals surface area contributed by atoms with E-state index in [2.05, 4.69) is 15.9 Å². The normalized spacial score (nSPS) is 11.8. The van der Waals surface area contributed by atoms with Crippen molar-refractivity contribution in [3.63, 3.8) is 0 Å². The average molecular weight is 298 g/mol. The Balaban J connectivity index is 3.01. The second-order valence-electron chi connectivity index (χ2n) is 3.56. The summed E-state index contributed by atoms with van der Waals surface area (Å²) in [7, 11) is 0. The molecule has 17 heavy (non-hydrogen) atoms. The molecule has 0 heterocycles. The van der Waals surface area contributed by atoms with E-state index in [0.29, 0.717) is 5.56 Å². The predicted octanol–water partition coefficient (Wildman–Crippen LogP) is 2.00. The number of aliphatic carboxylic acids is 1. The summed E-state index contributed by atoms with van der Waals surface area (Å²) >= 11 is 3.31. The molecule has 2 N–H and O–H groups in total. The summed E-state index contributed by atoms with van der Waals surface area (Å²) in [5.41, 5.74) is 1.52. The second kappa shape index (κ2) is 6.38. The monoisotopic (exact) mass is 297 g/mol. The number of hydrogen-bond acceptors (Lipinski definition) is 3. The number of halogens is 1. The molecule has 0 aliphatic rings. The van der Waals surface area contributed by atoms with Crippen LogP contribution in [0.5, 0.6) is 0 Å². The molecule has 0 saturated heterocycles. The molecule has 1 atom stereocenters. The van der Waals surface area contributed by atoms with Gasteiger partial charge in [0, 0.05) is 5.33 Å². The lowest BCUT2D eigenvalue weighted by Crippen LogP contribution is -2.11. The molecule has 90 valence electrons. The minimum absolute atomic E-state index is 0.233. The van der Waals surface area contributed by atoms with Crippen LogP contribution in [0, 0.1) is 11.3 Å². The van der Waals surface area contributed by atoms with E-state index in [4.69, 9.17) is 10.4 Å². The Labute approximate surface area is 108 Å². The first-order chi connectivity index (χ1) is 8.10. The molecule has 1 aromatic rings. The Kier molecular flexibility index (Phi) is 5.13. The number of alkyl halides is 1.